The topological polar surface area (TPSA) is 124 Å². The molecule has 0 aromatic rings. The summed E-state index contributed by atoms with van der Waals surface area (Å²) in [5, 5.41) is 31.8. The third-order valence-electron chi connectivity index (χ3n) is 1.48. The number of carboxylic acid groups (broad SMARTS) is 1. The van der Waals surface area contributed by atoms with E-state index in [1.165, 1.54) is 0 Å². The van der Waals surface area contributed by atoms with Crippen LogP contribution in [0.3, 0.4) is 0 Å². The fourth-order valence-corrected chi connectivity index (χ4v) is 0.777. The van der Waals surface area contributed by atoms with Crippen LogP contribution in [0.4, 0.5) is 0 Å². The SMILES string of the molecule is O=C(O)CCCCC(=O)OCCO.OCCO. The number of hydrogen-bond donors (Lipinski definition) is 4. The quantitative estimate of drug-likeness (QED) is 0.327. The highest BCUT2D eigenvalue weighted by Gasteiger charge is 2.03. The van der Waals surface area contributed by atoms with Crippen molar-refractivity contribution in [3.63, 3.8) is 0 Å². The van der Waals surface area contributed by atoms with Crippen molar-refractivity contribution in [2.75, 3.05) is 26.4 Å². The molecular weight excluding hydrogens is 232 g/mol. The first kappa shape index (κ1) is 18.2. The summed E-state index contributed by atoms with van der Waals surface area (Å²) in [7, 11) is 0. The van der Waals surface area contributed by atoms with Gasteiger partial charge in [0.05, 0.1) is 19.8 Å². The lowest BCUT2D eigenvalue weighted by Crippen LogP contribution is -2.08. The van der Waals surface area contributed by atoms with Gasteiger partial charge in [0.25, 0.3) is 0 Å². The largest absolute Gasteiger partial charge is 0.481 e. The van der Waals surface area contributed by atoms with Gasteiger partial charge < -0.3 is 25.2 Å². The Morgan fingerprint density at radius 3 is 1.82 bits per heavy atom. The third-order valence-corrected chi connectivity index (χ3v) is 1.48. The molecule has 0 saturated heterocycles. The van der Waals surface area contributed by atoms with Crippen molar-refractivity contribution < 1.29 is 34.8 Å². The number of esters is 1. The molecule has 0 spiro atoms. The summed E-state index contributed by atoms with van der Waals surface area (Å²) in [5.74, 6) is -1.25. The van der Waals surface area contributed by atoms with Gasteiger partial charge in [-0.3, -0.25) is 9.59 Å². The van der Waals surface area contributed by atoms with E-state index >= 15 is 0 Å². The number of hydrogen-bond acceptors (Lipinski definition) is 6. The molecule has 7 nitrogen and oxygen atoms in total. The fraction of sp³-hybridized carbons (Fsp3) is 0.800. The van der Waals surface area contributed by atoms with Crippen LogP contribution in [-0.4, -0.2) is 58.8 Å². The molecule has 0 unspecified atom stereocenters. The molecule has 0 aliphatic carbocycles. The molecule has 102 valence electrons. The maximum absolute atomic E-state index is 10.8. The van der Waals surface area contributed by atoms with E-state index < -0.39 is 5.97 Å². The zero-order valence-corrected chi connectivity index (χ0v) is 9.67. The lowest BCUT2D eigenvalue weighted by Gasteiger charge is -2.01. The van der Waals surface area contributed by atoms with E-state index in [1.807, 2.05) is 0 Å². The summed E-state index contributed by atoms with van der Waals surface area (Å²) in [5.41, 5.74) is 0. The molecule has 0 aliphatic rings. The van der Waals surface area contributed by atoms with E-state index in [-0.39, 0.29) is 45.2 Å². The Morgan fingerprint density at radius 2 is 1.41 bits per heavy atom. The standard InChI is InChI=1S/C8H14O5.C2H6O2/c9-5-6-13-8(12)4-2-1-3-7(10)11;3-1-2-4/h9H,1-6H2,(H,10,11);3-4H,1-2H2. The van der Waals surface area contributed by atoms with Crippen molar-refractivity contribution in [1.82, 2.24) is 0 Å². The van der Waals surface area contributed by atoms with Gasteiger partial charge in [0.1, 0.15) is 6.61 Å². The third kappa shape index (κ3) is 20.8. The molecule has 0 saturated carbocycles. The van der Waals surface area contributed by atoms with E-state index in [1.54, 1.807) is 0 Å². The molecule has 17 heavy (non-hydrogen) atoms. The van der Waals surface area contributed by atoms with Gasteiger partial charge >= 0.3 is 11.9 Å². The van der Waals surface area contributed by atoms with Gasteiger partial charge in [-0.2, -0.15) is 0 Å². The summed E-state index contributed by atoms with van der Waals surface area (Å²) in [4.78, 5) is 20.8. The zero-order valence-electron chi connectivity index (χ0n) is 9.67. The average Bonchev–Trinajstić information content (AvgIpc) is 2.32. The van der Waals surface area contributed by atoms with Gasteiger partial charge in [0.2, 0.25) is 0 Å². The highest BCUT2D eigenvalue weighted by atomic mass is 16.5. The monoisotopic (exact) mass is 252 g/mol. The highest BCUT2D eigenvalue weighted by Crippen LogP contribution is 2.00. The molecule has 0 aliphatic heterocycles. The van der Waals surface area contributed by atoms with Crippen LogP contribution in [0.15, 0.2) is 0 Å². The Morgan fingerprint density at radius 1 is 0.882 bits per heavy atom. The van der Waals surface area contributed by atoms with E-state index in [2.05, 4.69) is 4.74 Å². The maximum atomic E-state index is 10.8. The Labute approximate surface area is 99.6 Å². The maximum Gasteiger partial charge on any atom is 0.305 e. The van der Waals surface area contributed by atoms with Crippen LogP contribution < -0.4 is 0 Å². The lowest BCUT2D eigenvalue weighted by molar-refractivity contribution is -0.145. The molecule has 0 atom stereocenters. The van der Waals surface area contributed by atoms with Crippen LogP contribution >= 0.6 is 0 Å². The van der Waals surface area contributed by atoms with Crippen molar-refractivity contribution in [2.24, 2.45) is 0 Å². The first-order valence-electron chi connectivity index (χ1n) is 5.28. The molecule has 0 aromatic carbocycles. The Bertz CT molecular complexity index is 191. The van der Waals surface area contributed by atoms with Crippen LogP contribution in [0.25, 0.3) is 0 Å². The molecule has 4 N–H and O–H groups in total. The number of ether oxygens (including phenoxy) is 1. The summed E-state index contributed by atoms with van der Waals surface area (Å²) >= 11 is 0. The number of unbranched alkanes of at least 4 members (excludes halogenated alkanes) is 1. The summed E-state index contributed by atoms with van der Waals surface area (Å²) < 4.78 is 4.56. The van der Waals surface area contributed by atoms with E-state index in [0.717, 1.165) is 0 Å². The van der Waals surface area contributed by atoms with Gasteiger partial charge in [-0.1, -0.05) is 0 Å². The van der Waals surface area contributed by atoms with Crippen LogP contribution in [-0.2, 0) is 14.3 Å². The molecule has 0 fully saturated rings. The first-order valence-corrected chi connectivity index (χ1v) is 5.28. The number of carbonyl (C=O) groups is 2. The summed E-state index contributed by atoms with van der Waals surface area (Å²) in [6.07, 6.45) is 1.28. The first-order chi connectivity index (χ1) is 8.08. The molecule has 0 radical (unpaired) electrons. The number of aliphatic hydroxyl groups excluding tert-OH is 3. The van der Waals surface area contributed by atoms with Gasteiger partial charge in [-0.05, 0) is 12.8 Å². The minimum atomic E-state index is -0.858. The normalized spacial score (nSPS) is 9.12. The average molecular weight is 252 g/mol. The second-order valence-corrected chi connectivity index (χ2v) is 2.99. The summed E-state index contributed by atoms with van der Waals surface area (Å²) in [6, 6.07) is 0. The van der Waals surface area contributed by atoms with E-state index in [0.29, 0.717) is 12.8 Å². The molecular formula is C10H20O7. The molecule has 0 rings (SSSR count). The van der Waals surface area contributed by atoms with Crippen molar-refractivity contribution in [2.45, 2.75) is 25.7 Å². The molecule has 0 aromatic heterocycles. The number of carbonyl (C=O) groups excluding carboxylic acids is 1. The fourth-order valence-electron chi connectivity index (χ4n) is 0.777. The number of aliphatic carboxylic acids is 1. The second kappa shape index (κ2) is 14.8. The van der Waals surface area contributed by atoms with Crippen LogP contribution in [0.1, 0.15) is 25.7 Å². The predicted octanol–water partition coefficient (Wildman–Crippen LogP) is -0.862. The van der Waals surface area contributed by atoms with Crippen molar-refractivity contribution >= 4 is 11.9 Å². The van der Waals surface area contributed by atoms with Crippen LogP contribution in [0, 0.1) is 0 Å². The van der Waals surface area contributed by atoms with Crippen molar-refractivity contribution in [3.05, 3.63) is 0 Å². The van der Waals surface area contributed by atoms with Crippen LogP contribution in [0.2, 0.25) is 0 Å². The highest BCUT2D eigenvalue weighted by molar-refractivity contribution is 5.69. The molecule has 7 heteroatoms. The van der Waals surface area contributed by atoms with E-state index in [4.69, 9.17) is 20.4 Å². The van der Waals surface area contributed by atoms with Gasteiger partial charge in [-0.15, -0.1) is 0 Å². The summed E-state index contributed by atoms with van der Waals surface area (Å²) in [6.45, 7) is -0.418. The number of rotatable bonds is 8. The molecule has 0 heterocycles. The minimum Gasteiger partial charge on any atom is -0.481 e. The van der Waals surface area contributed by atoms with Gasteiger partial charge in [0, 0.05) is 12.8 Å². The zero-order chi connectivity index (χ0) is 13.5. The number of aliphatic hydroxyl groups is 3. The Balaban J connectivity index is 0. The van der Waals surface area contributed by atoms with Gasteiger partial charge in [0.15, 0.2) is 0 Å². The van der Waals surface area contributed by atoms with Gasteiger partial charge in [-0.25, -0.2) is 0 Å². The second-order valence-electron chi connectivity index (χ2n) is 2.99. The van der Waals surface area contributed by atoms with Crippen molar-refractivity contribution in [3.8, 4) is 0 Å². The lowest BCUT2D eigenvalue weighted by atomic mass is 10.2. The molecule has 0 bridgehead atoms. The smallest absolute Gasteiger partial charge is 0.305 e. The van der Waals surface area contributed by atoms with Crippen LogP contribution in [0.5, 0.6) is 0 Å². The number of carboxylic acids is 1. The predicted molar refractivity (Wildman–Crippen MR) is 58.3 cm³/mol. The Kier molecular flexibility index (Phi) is 15.9. The minimum absolute atomic E-state index is 0.0117. The van der Waals surface area contributed by atoms with E-state index in [9.17, 15) is 9.59 Å². The molecule has 0 amide bonds. The Hall–Kier alpha value is -1.18. The van der Waals surface area contributed by atoms with Crippen molar-refractivity contribution in [1.29, 1.82) is 0 Å².